The van der Waals surface area contributed by atoms with Crippen molar-refractivity contribution < 1.29 is 4.79 Å². The maximum atomic E-state index is 12.8. The number of benzene rings is 2. The third-order valence-electron chi connectivity index (χ3n) is 4.84. The average Bonchev–Trinajstić information content (AvgIpc) is 3.11. The lowest BCUT2D eigenvalue weighted by molar-refractivity contribution is 0.0628. The number of amides is 1. The number of rotatable bonds is 5. The summed E-state index contributed by atoms with van der Waals surface area (Å²) < 4.78 is 1.24. The van der Waals surface area contributed by atoms with Crippen LogP contribution in [0.15, 0.2) is 48.5 Å². The van der Waals surface area contributed by atoms with Crippen LogP contribution in [0.2, 0.25) is 0 Å². The number of carbonyl (C=O) groups excluding carboxylic acids is 1. The summed E-state index contributed by atoms with van der Waals surface area (Å²) in [5.41, 5.74) is 3.10. The molecule has 0 bridgehead atoms. The number of carbonyl (C=O) groups is 1. The highest BCUT2D eigenvalue weighted by molar-refractivity contribution is 7.97. The Labute approximate surface area is 168 Å². The number of thiazole rings is 1. The van der Waals surface area contributed by atoms with Gasteiger partial charge in [0.15, 0.2) is 0 Å². The molecule has 140 valence electrons. The van der Waals surface area contributed by atoms with Crippen LogP contribution in [0.5, 0.6) is 0 Å². The first-order valence-electron chi connectivity index (χ1n) is 9.17. The molecule has 1 aliphatic rings. The van der Waals surface area contributed by atoms with Crippen LogP contribution in [0.4, 0.5) is 0 Å². The van der Waals surface area contributed by atoms with E-state index in [1.54, 1.807) is 23.1 Å². The Balaban J connectivity index is 1.35. The topological polar surface area (TPSA) is 36.4 Å². The second-order valence-corrected chi connectivity index (χ2v) is 8.76. The van der Waals surface area contributed by atoms with E-state index in [1.807, 2.05) is 29.2 Å². The molecular formula is C21H23N3OS2. The highest BCUT2D eigenvalue weighted by atomic mass is 32.2. The Morgan fingerprint density at radius 2 is 1.93 bits per heavy atom. The van der Waals surface area contributed by atoms with E-state index < -0.39 is 0 Å². The molecule has 1 amide bonds. The minimum atomic E-state index is 0.151. The fraction of sp³-hybridized carbons (Fsp3) is 0.333. The summed E-state index contributed by atoms with van der Waals surface area (Å²) in [5.74, 6) is 1.09. The van der Waals surface area contributed by atoms with Gasteiger partial charge in [-0.1, -0.05) is 24.3 Å². The van der Waals surface area contributed by atoms with E-state index >= 15 is 0 Å². The molecule has 1 saturated heterocycles. The van der Waals surface area contributed by atoms with E-state index in [9.17, 15) is 4.79 Å². The van der Waals surface area contributed by atoms with Gasteiger partial charge < -0.3 is 4.90 Å². The highest BCUT2D eigenvalue weighted by Gasteiger charge is 2.23. The Morgan fingerprint density at radius 1 is 1.11 bits per heavy atom. The molecule has 0 radical (unpaired) electrons. The van der Waals surface area contributed by atoms with Crippen LogP contribution in [-0.4, -0.2) is 53.1 Å². The molecule has 1 aliphatic heterocycles. The number of hydrogen-bond donors (Lipinski definition) is 0. The first-order chi connectivity index (χ1) is 13.2. The first-order valence-corrected chi connectivity index (χ1v) is 11.4. The van der Waals surface area contributed by atoms with Crippen LogP contribution >= 0.6 is 23.1 Å². The number of nitrogens with zero attached hydrogens (tertiary/aromatic N) is 3. The van der Waals surface area contributed by atoms with Crippen LogP contribution in [0.1, 0.15) is 20.9 Å². The van der Waals surface area contributed by atoms with Crippen molar-refractivity contribution >= 4 is 39.2 Å². The third kappa shape index (κ3) is 4.34. The normalized spacial score (nSPS) is 15.4. The molecule has 0 N–H and O–H groups in total. The van der Waals surface area contributed by atoms with Gasteiger partial charge in [-0.3, -0.25) is 9.69 Å². The van der Waals surface area contributed by atoms with Gasteiger partial charge in [-0.2, -0.15) is 11.8 Å². The van der Waals surface area contributed by atoms with E-state index in [4.69, 9.17) is 4.98 Å². The summed E-state index contributed by atoms with van der Waals surface area (Å²) >= 11 is 3.54. The zero-order chi connectivity index (χ0) is 18.6. The summed E-state index contributed by atoms with van der Waals surface area (Å²) in [6.07, 6.45) is 2.08. The van der Waals surface area contributed by atoms with E-state index in [1.165, 1.54) is 10.3 Å². The van der Waals surface area contributed by atoms with E-state index in [0.717, 1.165) is 54.6 Å². The number of piperazine rings is 1. The summed E-state index contributed by atoms with van der Waals surface area (Å²) in [5, 5.41) is 1.15. The Hall–Kier alpha value is -1.89. The smallest absolute Gasteiger partial charge is 0.253 e. The van der Waals surface area contributed by atoms with Crippen LogP contribution < -0.4 is 0 Å². The molecule has 27 heavy (non-hydrogen) atoms. The van der Waals surface area contributed by atoms with Crippen LogP contribution in [0.3, 0.4) is 0 Å². The number of para-hydroxylation sites is 1. The lowest BCUT2D eigenvalue weighted by atomic mass is 10.1. The van der Waals surface area contributed by atoms with Crippen molar-refractivity contribution in [2.24, 2.45) is 0 Å². The van der Waals surface area contributed by atoms with Crippen molar-refractivity contribution in [2.75, 3.05) is 32.4 Å². The molecule has 4 rings (SSSR count). The van der Waals surface area contributed by atoms with Crippen molar-refractivity contribution in [2.45, 2.75) is 12.3 Å². The molecule has 6 heteroatoms. The van der Waals surface area contributed by atoms with Gasteiger partial charge >= 0.3 is 0 Å². The summed E-state index contributed by atoms with van der Waals surface area (Å²) in [7, 11) is 0. The fourth-order valence-electron chi connectivity index (χ4n) is 3.43. The third-order valence-corrected chi connectivity index (χ3v) is 6.48. The second kappa shape index (κ2) is 8.42. The number of fused-ring (bicyclic) bond motifs is 1. The Morgan fingerprint density at radius 3 is 2.70 bits per heavy atom. The average molecular weight is 398 g/mol. The Kier molecular flexibility index (Phi) is 5.76. The maximum absolute atomic E-state index is 12.8. The summed E-state index contributed by atoms with van der Waals surface area (Å²) in [4.78, 5) is 21.9. The van der Waals surface area contributed by atoms with E-state index in [2.05, 4.69) is 35.4 Å². The number of hydrogen-bond acceptors (Lipinski definition) is 5. The fourth-order valence-corrected chi connectivity index (χ4v) is 4.95. The minimum Gasteiger partial charge on any atom is -0.336 e. The standard InChI is InChI=1S/C21H23N3OS2/c1-26-15-16-5-4-6-17(13-16)21(25)24-11-9-23(10-12-24)14-20-22-18-7-2-3-8-19(18)27-20/h2-8,13H,9-12,14-15H2,1H3. The highest BCUT2D eigenvalue weighted by Crippen LogP contribution is 2.23. The van der Waals surface area contributed by atoms with Crippen molar-refractivity contribution in [1.29, 1.82) is 0 Å². The van der Waals surface area contributed by atoms with Crippen molar-refractivity contribution in [3.63, 3.8) is 0 Å². The summed E-state index contributed by atoms with van der Waals surface area (Å²) in [6, 6.07) is 16.3. The van der Waals surface area contributed by atoms with Gasteiger partial charge in [0.2, 0.25) is 0 Å². The van der Waals surface area contributed by atoms with Crippen LogP contribution in [0.25, 0.3) is 10.2 Å². The van der Waals surface area contributed by atoms with Gasteiger partial charge in [-0.25, -0.2) is 4.98 Å². The van der Waals surface area contributed by atoms with Gasteiger partial charge in [-0.15, -0.1) is 11.3 Å². The van der Waals surface area contributed by atoms with Crippen molar-refractivity contribution in [3.05, 3.63) is 64.7 Å². The molecule has 4 nitrogen and oxygen atoms in total. The molecule has 0 atom stereocenters. The van der Waals surface area contributed by atoms with Gasteiger partial charge in [0, 0.05) is 37.5 Å². The van der Waals surface area contributed by atoms with Gasteiger partial charge in [-0.05, 0) is 36.1 Å². The molecule has 0 aliphatic carbocycles. The van der Waals surface area contributed by atoms with E-state index in [-0.39, 0.29) is 5.91 Å². The number of aromatic nitrogens is 1. The monoisotopic (exact) mass is 397 g/mol. The van der Waals surface area contributed by atoms with Gasteiger partial charge in [0.25, 0.3) is 5.91 Å². The molecular weight excluding hydrogens is 374 g/mol. The Bertz CT molecular complexity index is 899. The lowest BCUT2D eigenvalue weighted by Gasteiger charge is -2.34. The second-order valence-electron chi connectivity index (χ2n) is 6.78. The molecule has 3 aromatic rings. The van der Waals surface area contributed by atoms with E-state index in [0.29, 0.717) is 0 Å². The first kappa shape index (κ1) is 18.5. The molecule has 2 heterocycles. The van der Waals surface area contributed by atoms with Crippen LogP contribution in [0, 0.1) is 0 Å². The number of thioether (sulfide) groups is 1. The molecule has 1 fully saturated rings. The maximum Gasteiger partial charge on any atom is 0.253 e. The molecule has 0 unspecified atom stereocenters. The largest absolute Gasteiger partial charge is 0.336 e. The molecule has 1 aromatic heterocycles. The molecule has 2 aromatic carbocycles. The predicted molar refractivity (Wildman–Crippen MR) is 114 cm³/mol. The van der Waals surface area contributed by atoms with Crippen molar-refractivity contribution in [1.82, 2.24) is 14.8 Å². The quantitative estimate of drug-likeness (QED) is 0.649. The minimum absolute atomic E-state index is 0.151. The van der Waals surface area contributed by atoms with Crippen molar-refractivity contribution in [3.8, 4) is 0 Å². The molecule has 0 saturated carbocycles. The van der Waals surface area contributed by atoms with Gasteiger partial charge in [0.05, 0.1) is 16.8 Å². The predicted octanol–water partition coefficient (Wildman–Crippen LogP) is 4.12. The zero-order valence-corrected chi connectivity index (χ0v) is 17.1. The zero-order valence-electron chi connectivity index (χ0n) is 15.4. The van der Waals surface area contributed by atoms with Crippen LogP contribution in [-0.2, 0) is 12.3 Å². The van der Waals surface area contributed by atoms with Gasteiger partial charge in [0.1, 0.15) is 5.01 Å². The lowest BCUT2D eigenvalue weighted by Crippen LogP contribution is -2.48. The molecule has 0 spiro atoms. The summed E-state index contributed by atoms with van der Waals surface area (Å²) in [6.45, 7) is 4.20. The SMILES string of the molecule is CSCc1cccc(C(=O)N2CCN(Cc3nc4ccccc4s3)CC2)c1.